The van der Waals surface area contributed by atoms with Crippen molar-refractivity contribution < 1.29 is 4.74 Å². The molecule has 1 aromatic heterocycles. The summed E-state index contributed by atoms with van der Waals surface area (Å²) in [6.45, 7) is 0. The summed E-state index contributed by atoms with van der Waals surface area (Å²) in [6, 6.07) is 5.06. The number of ether oxygens (including phenoxy) is 1. The molecule has 1 aromatic carbocycles. The second-order valence-electron chi connectivity index (χ2n) is 3.53. The Labute approximate surface area is 119 Å². The van der Waals surface area contributed by atoms with Crippen LogP contribution in [0, 0.1) is 0 Å². The summed E-state index contributed by atoms with van der Waals surface area (Å²) in [7, 11) is 1.50. The largest absolute Gasteiger partial charge is 0.490 e. The van der Waals surface area contributed by atoms with E-state index in [4.69, 9.17) is 33.8 Å². The summed E-state index contributed by atoms with van der Waals surface area (Å²) >= 11 is 11.9. The van der Waals surface area contributed by atoms with Gasteiger partial charge in [0.25, 0.3) is 0 Å². The van der Waals surface area contributed by atoms with Crippen LogP contribution in [0.2, 0.25) is 10.0 Å². The van der Waals surface area contributed by atoms with Gasteiger partial charge in [0.1, 0.15) is 6.33 Å². The standard InChI is InChI=1S/C11H11Cl2N5O/c1-19-9-10(15-5-16-11(9)18-14)17-8-3-6(12)2-7(13)4-8/h2-5H,14H2,1H3,(H2,15,16,17,18). The number of anilines is 3. The quantitative estimate of drug-likeness (QED) is 0.594. The maximum absolute atomic E-state index is 5.93. The van der Waals surface area contributed by atoms with Crippen LogP contribution >= 0.6 is 23.2 Å². The van der Waals surface area contributed by atoms with Crippen molar-refractivity contribution in [2.24, 2.45) is 5.84 Å². The maximum atomic E-state index is 5.93. The van der Waals surface area contributed by atoms with Crippen LogP contribution in [-0.2, 0) is 0 Å². The van der Waals surface area contributed by atoms with Crippen molar-refractivity contribution in [2.75, 3.05) is 17.9 Å². The molecule has 19 heavy (non-hydrogen) atoms. The number of nitrogen functional groups attached to an aromatic ring is 1. The van der Waals surface area contributed by atoms with Gasteiger partial charge in [-0.15, -0.1) is 0 Å². The van der Waals surface area contributed by atoms with Gasteiger partial charge in [-0.1, -0.05) is 23.2 Å². The van der Waals surface area contributed by atoms with E-state index in [0.29, 0.717) is 33.1 Å². The molecule has 0 bridgehead atoms. The Balaban J connectivity index is 2.37. The highest BCUT2D eigenvalue weighted by molar-refractivity contribution is 6.35. The number of hydrogen-bond acceptors (Lipinski definition) is 6. The SMILES string of the molecule is COc1c(NN)ncnc1Nc1cc(Cl)cc(Cl)c1. The lowest BCUT2D eigenvalue weighted by Crippen LogP contribution is -2.11. The molecule has 0 saturated carbocycles. The molecular formula is C11H11Cl2N5O. The molecule has 1 heterocycles. The molecule has 4 N–H and O–H groups in total. The maximum Gasteiger partial charge on any atom is 0.205 e. The second-order valence-corrected chi connectivity index (χ2v) is 4.40. The number of nitrogens with two attached hydrogens (primary N) is 1. The Bertz CT molecular complexity index is 573. The van der Waals surface area contributed by atoms with Crippen LogP contribution in [0.1, 0.15) is 0 Å². The van der Waals surface area contributed by atoms with Gasteiger partial charge in [-0.05, 0) is 18.2 Å². The predicted octanol–water partition coefficient (Wildman–Crippen LogP) is 2.82. The molecule has 0 unspecified atom stereocenters. The van der Waals surface area contributed by atoms with E-state index in [2.05, 4.69) is 20.7 Å². The lowest BCUT2D eigenvalue weighted by Gasteiger charge is -2.12. The van der Waals surface area contributed by atoms with Crippen molar-refractivity contribution in [3.63, 3.8) is 0 Å². The van der Waals surface area contributed by atoms with Crippen LogP contribution in [0.5, 0.6) is 5.75 Å². The van der Waals surface area contributed by atoms with Crippen molar-refractivity contribution in [3.8, 4) is 5.75 Å². The molecule has 100 valence electrons. The fourth-order valence-corrected chi connectivity index (χ4v) is 2.05. The number of rotatable bonds is 4. The van der Waals surface area contributed by atoms with E-state index in [-0.39, 0.29) is 0 Å². The fraction of sp³-hybridized carbons (Fsp3) is 0.0909. The first-order valence-corrected chi connectivity index (χ1v) is 5.98. The lowest BCUT2D eigenvalue weighted by molar-refractivity contribution is 0.415. The van der Waals surface area contributed by atoms with Gasteiger partial charge in [-0.2, -0.15) is 0 Å². The zero-order valence-corrected chi connectivity index (χ0v) is 11.5. The molecule has 6 nitrogen and oxygen atoms in total. The summed E-state index contributed by atoms with van der Waals surface area (Å²) in [4.78, 5) is 8.02. The van der Waals surface area contributed by atoms with Crippen LogP contribution in [-0.4, -0.2) is 17.1 Å². The number of hydrazine groups is 1. The monoisotopic (exact) mass is 299 g/mol. The second kappa shape index (κ2) is 5.92. The van der Waals surface area contributed by atoms with Crippen LogP contribution in [0.25, 0.3) is 0 Å². The van der Waals surface area contributed by atoms with Crippen molar-refractivity contribution in [3.05, 3.63) is 34.6 Å². The third-order valence-corrected chi connectivity index (χ3v) is 2.71. The first kappa shape index (κ1) is 13.7. The fourth-order valence-electron chi connectivity index (χ4n) is 1.52. The highest BCUT2D eigenvalue weighted by Crippen LogP contribution is 2.32. The molecule has 0 radical (unpaired) electrons. The van der Waals surface area contributed by atoms with Crippen molar-refractivity contribution in [1.29, 1.82) is 0 Å². The smallest absolute Gasteiger partial charge is 0.205 e. The molecule has 0 aliphatic rings. The molecule has 0 fully saturated rings. The third kappa shape index (κ3) is 3.17. The molecule has 2 rings (SSSR count). The van der Waals surface area contributed by atoms with Crippen LogP contribution in [0.15, 0.2) is 24.5 Å². The van der Waals surface area contributed by atoms with Gasteiger partial charge in [-0.25, -0.2) is 15.8 Å². The van der Waals surface area contributed by atoms with E-state index in [9.17, 15) is 0 Å². The minimum atomic E-state index is 0.369. The number of methoxy groups -OCH3 is 1. The van der Waals surface area contributed by atoms with Gasteiger partial charge in [0, 0.05) is 15.7 Å². The average Bonchev–Trinajstić information content (AvgIpc) is 2.37. The van der Waals surface area contributed by atoms with Crippen molar-refractivity contribution >= 4 is 40.5 Å². The Morgan fingerprint density at radius 2 is 1.74 bits per heavy atom. The molecule has 8 heteroatoms. The summed E-state index contributed by atoms with van der Waals surface area (Å²) in [5.74, 6) is 6.55. The lowest BCUT2D eigenvalue weighted by atomic mass is 10.3. The molecule has 0 aliphatic carbocycles. The van der Waals surface area contributed by atoms with Crippen LogP contribution in [0.4, 0.5) is 17.3 Å². The van der Waals surface area contributed by atoms with Gasteiger partial charge >= 0.3 is 0 Å². The number of nitrogens with zero attached hydrogens (tertiary/aromatic N) is 2. The van der Waals surface area contributed by atoms with Gasteiger partial charge in [0.05, 0.1) is 7.11 Å². The minimum Gasteiger partial charge on any atom is -0.490 e. The van der Waals surface area contributed by atoms with Gasteiger partial charge in [0.2, 0.25) is 5.75 Å². The van der Waals surface area contributed by atoms with Gasteiger partial charge in [0.15, 0.2) is 11.6 Å². The number of aromatic nitrogens is 2. The third-order valence-electron chi connectivity index (χ3n) is 2.27. The molecule has 0 aliphatic heterocycles. The first-order chi connectivity index (χ1) is 9.13. The van der Waals surface area contributed by atoms with E-state index in [1.54, 1.807) is 18.2 Å². The summed E-state index contributed by atoms with van der Waals surface area (Å²) < 4.78 is 5.20. The predicted molar refractivity (Wildman–Crippen MR) is 76.1 cm³/mol. The summed E-state index contributed by atoms with van der Waals surface area (Å²) in [6.07, 6.45) is 1.35. The zero-order valence-electron chi connectivity index (χ0n) is 9.95. The van der Waals surface area contributed by atoms with Crippen molar-refractivity contribution in [2.45, 2.75) is 0 Å². The van der Waals surface area contributed by atoms with Gasteiger partial charge < -0.3 is 15.5 Å². The normalized spacial score (nSPS) is 10.1. The number of nitrogens with one attached hydrogen (secondary N) is 2. The molecule has 2 aromatic rings. The average molecular weight is 300 g/mol. The Kier molecular flexibility index (Phi) is 4.26. The van der Waals surface area contributed by atoms with E-state index in [1.165, 1.54) is 13.4 Å². The zero-order chi connectivity index (χ0) is 13.8. The van der Waals surface area contributed by atoms with E-state index < -0.39 is 0 Å². The molecule has 0 amide bonds. The summed E-state index contributed by atoms with van der Waals surface area (Å²) in [5, 5.41) is 4.07. The van der Waals surface area contributed by atoms with Crippen LogP contribution < -0.4 is 21.3 Å². The number of benzene rings is 1. The topological polar surface area (TPSA) is 85.1 Å². The summed E-state index contributed by atoms with van der Waals surface area (Å²) in [5.41, 5.74) is 3.11. The Hall–Kier alpha value is -1.76. The molecular weight excluding hydrogens is 289 g/mol. The first-order valence-electron chi connectivity index (χ1n) is 5.22. The number of hydrogen-bond donors (Lipinski definition) is 3. The van der Waals surface area contributed by atoms with Gasteiger partial charge in [-0.3, -0.25) is 0 Å². The van der Waals surface area contributed by atoms with E-state index >= 15 is 0 Å². The molecule has 0 atom stereocenters. The van der Waals surface area contributed by atoms with Crippen molar-refractivity contribution in [1.82, 2.24) is 9.97 Å². The molecule has 0 spiro atoms. The number of halogens is 2. The highest BCUT2D eigenvalue weighted by Gasteiger charge is 2.11. The Morgan fingerprint density at radius 1 is 1.11 bits per heavy atom. The van der Waals surface area contributed by atoms with Crippen LogP contribution in [0.3, 0.4) is 0 Å². The minimum absolute atomic E-state index is 0.369. The highest BCUT2D eigenvalue weighted by atomic mass is 35.5. The molecule has 0 saturated heterocycles. The van der Waals surface area contributed by atoms with E-state index in [1.807, 2.05) is 0 Å². The van der Waals surface area contributed by atoms with E-state index in [0.717, 1.165) is 0 Å². The Morgan fingerprint density at radius 3 is 2.32 bits per heavy atom.